The minimum atomic E-state index is -0.444. The summed E-state index contributed by atoms with van der Waals surface area (Å²) in [6.07, 6.45) is 3.26. The smallest absolute Gasteiger partial charge is 0.353 e. The van der Waals surface area contributed by atoms with Crippen LogP contribution in [0.2, 0.25) is 0 Å². The van der Waals surface area contributed by atoms with Gasteiger partial charge in [-0.3, -0.25) is 5.43 Å². The quantitative estimate of drug-likeness (QED) is 0.166. The maximum absolute atomic E-state index is 12.2. The number of halogens is 1. The zero-order valence-corrected chi connectivity index (χ0v) is 17.0. The lowest BCUT2D eigenvalue weighted by Crippen LogP contribution is -2.31. The molecule has 9 heteroatoms. The van der Waals surface area contributed by atoms with Gasteiger partial charge in [0.1, 0.15) is 4.88 Å². The molecule has 0 amide bonds. The molecule has 0 aliphatic heterocycles. The number of carbonyl (C=O) groups excluding carboxylic acids is 1. The van der Waals surface area contributed by atoms with E-state index >= 15 is 0 Å². The lowest BCUT2D eigenvalue weighted by Gasteiger charge is -2.11. The molecule has 0 bridgehead atoms. The fourth-order valence-corrected chi connectivity index (χ4v) is 3.10. The average Bonchev–Trinajstić information content (AvgIpc) is 3.16. The third-order valence-electron chi connectivity index (χ3n) is 2.96. The fourth-order valence-electron chi connectivity index (χ4n) is 1.82. The van der Waals surface area contributed by atoms with Crippen LogP contribution in [0.15, 0.2) is 51.9 Å². The average molecular weight is 454 g/mol. The highest BCUT2D eigenvalue weighted by Crippen LogP contribution is 2.37. The largest absolute Gasteiger partial charge is 0.493 e. The molecule has 0 aliphatic rings. The Labute approximate surface area is 169 Å². The second-order valence-electron chi connectivity index (χ2n) is 4.77. The molecule has 0 saturated carbocycles. The van der Waals surface area contributed by atoms with E-state index in [9.17, 15) is 4.79 Å². The predicted molar refractivity (Wildman–Crippen MR) is 111 cm³/mol. The summed E-state index contributed by atoms with van der Waals surface area (Å²) in [6.45, 7) is 4.14. The van der Waals surface area contributed by atoms with Crippen LogP contribution < -0.4 is 20.2 Å². The van der Waals surface area contributed by atoms with Crippen molar-refractivity contribution in [1.82, 2.24) is 10.7 Å². The predicted octanol–water partition coefficient (Wildman–Crippen LogP) is 3.72. The van der Waals surface area contributed by atoms with Crippen molar-refractivity contribution in [2.45, 2.75) is 0 Å². The van der Waals surface area contributed by atoms with Gasteiger partial charge in [-0.05, 0) is 57.3 Å². The summed E-state index contributed by atoms with van der Waals surface area (Å²) in [4.78, 5) is 12.7. The minimum Gasteiger partial charge on any atom is -0.493 e. The van der Waals surface area contributed by atoms with Crippen LogP contribution in [-0.2, 0) is 0 Å². The summed E-state index contributed by atoms with van der Waals surface area (Å²) in [5.41, 5.74) is 3.42. The number of carbonyl (C=O) groups is 1. The van der Waals surface area contributed by atoms with Gasteiger partial charge in [-0.1, -0.05) is 12.1 Å². The van der Waals surface area contributed by atoms with Gasteiger partial charge in [0.05, 0.1) is 17.8 Å². The Morgan fingerprint density at radius 1 is 1.50 bits per heavy atom. The van der Waals surface area contributed by atoms with E-state index in [0.717, 1.165) is 5.56 Å². The van der Waals surface area contributed by atoms with E-state index in [4.69, 9.17) is 21.7 Å². The Kier molecular flexibility index (Phi) is 7.76. The van der Waals surface area contributed by atoms with Crippen molar-refractivity contribution < 1.29 is 14.3 Å². The number of rotatable bonds is 7. The number of ether oxygens (including phenoxy) is 2. The molecule has 0 fully saturated rings. The molecule has 1 aromatic heterocycles. The molecule has 2 aromatic rings. The van der Waals surface area contributed by atoms with E-state index in [0.29, 0.717) is 32.5 Å². The Bertz CT molecular complexity index is 823. The van der Waals surface area contributed by atoms with Crippen LogP contribution in [0.3, 0.4) is 0 Å². The van der Waals surface area contributed by atoms with Crippen LogP contribution in [-0.4, -0.2) is 31.0 Å². The van der Waals surface area contributed by atoms with Crippen LogP contribution in [0.1, 0.15) is 15.2 Å². The monoisotopic (exact) mass is 453 g/mol. The molecule has 2 rings (SSSR count). The van der Waals surface area contributed by atoms with Crippen molar-refractivity contribution >= 4 is 56.8 Å². The van der Waals surface area contributed by atoms with Crippen molar-refractivity contribution in [1.29, 1.82) is 0 Å². The van der Waals surface area contributed by atoms with Crippen LogP contribution in [0, 0.1) is 0 Å². The summed E-state index contributed by atoms with van der Waals surface area (Å²) >= 11 is 9.75. The van der Waals surface area contributed by atoms with Crippen molar-refractivity contribution in [3.8, 4) is 11.5 Å². The maximum atomic E-state index is 12.2. The first-order valence-corrected chi connectivity index (χ1v) is 9.44. The van der Waals surface area contributed by atoms with Gasteiger partial charge in [0, 0.05) is 6.54 Å². The summed E-state index contributed by atoms with van der Waals surface area (Å²) in [6, 6.07) is 6.94. The zero-order chi connectivity index (χ0) is 18.9. The standard InChI is InChI=1S/C17H16BrN3O3S2/c1-3-6-19-17(25)21-20-10-11-8-12(18)15(13(9-11)23-2)24-16(22)14-5-4-7-26-14/h3-5,7-10H,1,6H2,2H3,(H2,19,21,25)/b20-10+. The Balaban J connectivity index is 2.12. The Morgan fingerprint density at radius 2 is 2.31 bits per heavy atom. The topological polar surface area (TPSA) is 72.0 Å². The fraction of sp³-hybridized carbons (Fsp3) is 0.118. The van der Waals surface area contributed by atoms with Crippen LogP contribution in [0.25, 0.3) is 0 Å². The number of hydrazone groups is 1. The molecule has 0 aliphatic carbocycles. The normalized spacial score (nSPS) is 10.4. The van der Waals surface area contributed by atoms with Gasteiger partial charge in [0.15, 0.2) is 16.6 Å². The number of hydrogen-bond donors (Lipinski definition) is 2. The molecule has 0 saturated heterocycles. The highest BCUT2D eigenvalue weighted by Gasteiger charge is 2.17. The molecular formula is C17H16BrN3O3S2. The third kappa shape index (κ3) is 5.65. The molecule has 2 N–H and O–H groups in total. The second-order valence-corrected chi connectivity index (χ2v) is 6.98. The van der Waals surface area contributed by atoms with E-state index in [1.165, 1.54) is 18.4 Å². The summed E-state index contributed by atoms with van der Waals surface area (Å²) < 4.78 is 11.3. The Morgan fingerprint density at radius 3 is 2.96 bits per heavy atom. The maximum Gasteiger partial charge on any atom is 0.353 e. The number of methoxy groups -OCH3 is 1. The molecule has 6 nitrogen and oxygen atoms in total. The van der Waals surface area contributed by atoms with Crippen LogP contribution >= 0.6 is 39.5 Å². The molecule has 0 spiro atoms. The van der Waals surface area contributed by atoms with E-state index in [-0.39, 0.29) is 0 Å². The molecule has 0 atom stereocenters. The van der Waals surface area contributed by atoms with Gasteiger partial charge in [-0.2, -0.15) is 5.10 Å². The van der Waals surface area contributed by atoms with E-state index in [1.807, 2.05) is 5.38 Å². The van der Waals surface area contributed by atoms with E-state index in [2.05, 4.69) is 38.4 Å². The third-order valence-corrected chi connectivity index (χ3v) is 4.63. The number of nitrogens with one attached hydrogen (secondary N) is 2. The molecular weight excluding hydrogens is 438 g/mol. The number of thiophene rings is 1. The molecule has 0 unspecified atom stereocenters. The summed E-state index contributed by atoms with van der Waals surface area (Å²) in [5, 5.41) is 9.13. The molecule has 136 valence electrons. The first kappa shape index (κ1) is 20.1. The van der Waals surface area contributed by atoms with Gasteiger partial charge in [0.2, 0.25) is 0 Å². The molecule has 1 aromatic carbocycles. The summed E-state index contributed by atoms with van der Waals surface area (Å²) in [7, 11) is 1.50. The summed E-state index contributed by atoms with van der Waals surface area (Å²) in [5.74, 6) is 0.262. The lowest BCUT2D eigenvalue weighted by molar-refractivity contribution is 0.0733. The van der Waals surface area contributed by atoms with Crippen molar-refractivity contribution in [2.24, 2.45) is 5.10 Å². The number of thiocarbonyl (C=S) groups is 1. The van der Waals surface area contributed by atoms with Crippen LogP contribution in [0.5, 0.6) is 11.5 Å². The van der Waals surface area contributed by atoms with Crippen molar-refractivity contribution in [3.63, 3.8) is 0 Å². The SMILES string of the molecule is C=CCNC(=S)N/N=C/c1cc(Br)c(OC(=O)c2cccs2)c(OC)c1. The highest BCUT2D eigenvalue weighted by molar-refractivity contribution is 9.10. The van der Waals surface area contributed by atoms with Gasteiger partial charge in [-0.25, -0.2) is 4.79 Å². The van der Waals surface area contributed by atoms with E-state index in [1.54, 1.807) is 36.6 Å². The zero-order valence-electron chi connectivity index (χ0n) is 13.8. The first-order valence-electron chi connectivity index (χ1n) is 7.36. The van der Waals surface area contributed by atoms with Crippen LogP contribution in [0.4, 0.5) is 0 Å². The van der Waals surface area contributed by atoms with Crippen molar-refractivity contribution in [3.05, 3.63) is 57.2 Å². The number of nitrogens with zero attached hydrogens (tertiary/aromatic N) is 1. The van der Waals surface area contributed by atoms with Gasteiger partial charge in [0.25, 0.3) is 0 Å². The number of benzene rings is 1. The van der Waals surface area contributed by atoms with Gasteiger partial charge < -0.3 is 14.8 Å². The lowest BCUT2D eigenvalue weighted by atomic mass is 10.2. The number of hydrogen-bond acceptors (Lipinski definition) is 6. The van der Waals surface area contributed by atoms with E-state index < -0.39 is 5.97 Å². The molecule has 1 heterocycles. The van der Waals surface area contributed by atoms with Gasteiger partial charge >= 0.3 is 5.97 Å². The number of esters is 1. The highest BCUT2D eigenvalue weighted by atomic mass is 79.9. The first-order chi connectivity index (χ1) is 12.5. The Hall–Kier alpha value is -2.23. The van der Waals surface area contributed by atoms with Gasteiger partial charge in [-0.15, -0.1) is 17.9 Å². The van der Waals surface area contributed by atoms with Crippen molar-refractivity contribution in [2.75, 3.05) is 13.7 Å². The minimum absolute atomic E-state index is 0.305. The molecule has 0 radical (unpaired) electrons. The molecule has 26 heavy (non-hydrogen) atoms. The second kappa shape index (κ2) is 10.0.